The summed E-state index contributed by atoms with van der Waals surface area (Å²) in [6.45, 7) is 2.03. The molecule has 3 aromatic heterocycles. The van der Waals surface area contributed by atoms with E-state index in [1.54, 1.807) is 46.2 Å². The van der Waals surface area contributed by atoms with Gasteiger partial charge in [-0.25, -0.2) is 9.97 Å². The second-order valence-electron chi connectivity index (χ2n) is 6.45. The predicted molar refractivity (Wildman–Crippen MR) is 127 cm³/mol. The fourth-order valence-electron chi connectivity index (χ4n) is 2.98. The Kier molecular flexibility index (Phi) is 5.85. The Morgan fingerprint density at radius 2 is 1.73 bits per heavy atom. The first kappa shape index (κ1) is 19.7. The number of thiazole rings is 2. The van der Waals surface area contributed by atoms with E-state index in [1.807, 2.05) is 37.3 Å². The van der Waals surface area contributed by atoms with Crippen LogP contribution >= 0.6 is 46.2 Å². The molecule has 0 aliphatic heterocycles. The minimum absolute atomic E-state index is 0.706. The molecule has 5 rings (SSSR count). The Labute approximate surface area is 190 Å². The molecule has 0 radical (unpaired) electrons. The van der Waals surface area contributed by atoms with Gasteiger partial charge in [0.2, 0.25) is 0 Å². The third-order valence-corrected chi connectivity index (χ3v) is 8.29. The first-order valence-electron chi connectivity index (χ1n) is 9.28. The molecule has 0 atom stereocenters. The van der Waals surface area contributed by atoms with Crippen LogP contribution in [0.1, 0.15) is 16.5 Å². The van der Waals surface area contributed by atoms with Gasteiger partial charge in [-0.15, -0.1) is 32.9 Å². The van der Waals surface area contributed by atoms with Crippen LogP contribution < -0.4 is 0 Å². The van der Waals surface area contributed by atoms with Gasteiger partial charge in [-0.05, 0) is 31.2 Å². The Balaban J connectivity index is 1.40. The predicted octanol–water partition coefficient (Wildman–Crippen LogP) is 6.23. The lowest BCUT2D eigenvalue weighted by molar-refractivity contribution is 0.864. The van der Waals surface area contributed by atoms with E-state index in [9.17, 15) is 0 Å². The van der Waals surface area contributed by atoms with Gasteiger partial charge in [-0.1, -0.05) is 53.9 Å². The summed E-state index contributed by atoms with van der Waals surface area (Å²) in [4.78, 5) is 9.29. The molecule has 0 N–H and O–H groups in total. The summed E-state index contributed by atoms with van der Waals surface area (Å²) in [7, 11) is 0. The van der Waals surface area contributed by atoms with E-state index in [4.69, 9.17) is 4.98 Å². The van der Waals surface area contributed by atoms with Crippen LogP contribution in [0.2, 0.25) is 0 Å². The van der Waals surface area contributed by atoms with Gasteiger partial charge >= 0.3 is 0 Å². The van der Waals surface area contributed by atoms with E-state index in [2.05, 4.69) is 49.4 Å². The summed E-state index contributed by atoms with van der Waals surface area (Å²) in [6.07, 6.45) is 0. The molecule has 0 fully saturated rings. The highest BCUT2D eigenvalue weighted by Gasteiger charge is 2.16. The molecule has 0 aliphatic rings. The van der Waals surface area contributed by atoms with Crippen molar-refractivity contribution in [3.8, 4) is 5.69 Å². The van der Waals surface area contributed by atoms with Crippen LogP contribution in [0.25, 0.3) is 15.9 Å². The summed E-state index contributed by atoms with van der Waals surface area (Å²) in [5, 5.41) is 13.1. The van der Waals surface area contributed by atoms with Crippen LogP contribution in [0.15, 0.2) is 69.5 Å². The van der Waals surface area contributed by atoms with Crippen molar-refractivity contribution in [2.75, 3.05) is 0 Å². The number of aromatic nitrogens is 5. The molecule has 30 heavy (non-hydrogen) atoms. The molecule has 5 nitrogen and oxygen atoms in total. The number of thioether (sulfide) groups is 2. The Hall–Kier alpha value is -2.20. The fraction of sp³-hybridized carbons (Fsp3) is 0.143. The van der Waals surface area contributed by atoms with Gasteiger partial charge < -0.3 is 0 Å². The first-order chi connectivity index (χ1) is 14.8. The van der Waals surface area contributed by atoms with Crippen molar-refractivity contribution >= 4 is 56.4 Å². The summed E-state index contributed by atoms with van der Waals surface area (Å²) in [5.74, 6) is 2.40. The average Bonchev–Trinajstić information content (AvgIpc) is 3.49. The lowest BCUT2D eigenvalue weighted by Gasteiger charge is -2.09. The normalized spacial score (nSPS) is 11.4. The molecule has 9 heteroatoms. The highest BCUT2D eigenvalue weighted by molar-refractivity contribution is 8.00. The van der Waals surface area contributed by atoms with Gasteiger partial charge in [-0.2, -0.15) is 0 Å². The summed E-state index contributed by atoms with van der Waals surface area (Å²) in [6, 6.07) is 18.5. The highest BCUT2D eigenvalue weighted by Crippen LogP contribution is 2.33. The molecule has 0 spiro atoms. The van der Waals surface area contributed by atoms with E-state index < -0.39 is 0 Å². The molecular weight excluding hydrogens is 451 g/mol. The van der Waals surface area contributed by atoms with Gasteiger partial charge in [0, 0.05) is 16.8 Å². The minimum atomic E-state index is 0.706. The van der Waals surface area contributed by atoms with Crippen molar-refractivity contribution in [2.24, 2.45) is 0 Å². The van der Waals surface area contributed by atoms with Crippen molar-refractivity contribution in [3.05, 3.63) is 76.5 Å². The number of hydrogen-bond donors (Lipinski definition) is 0. The van der Waals surface area contributed by atoms with Gasteiger partial charge in [0.05, 0.1) is 26.7 Å². The number of aryl methyl sites for hydroxylation is 1. The van der Waals surface area contributed by atoms with Crippen molar-refractivity contribution in [2.45, 2.75) is 27.9 Å². The standard InChI is InChI=1S/C21H17N5S4/c1-14-22-15(11-27-14)12-28-20-25-24-19(26(20)16-7-3-2-4-8-16)13-29-21-23-17-9-5-6-10-18(17)30-21/h2-11H,12-13H2,1H3. The summed E-state index contributed by atoms with van der Waals surface area (Å²) in [5.41, 5.74) is 3.19. The number of benzene rings is 2. The molecule has 0 saturated carbocycles. The maximum atomic E-state index is 4.73. The number of nitrogens with zero attached hydrogens (tertiary/aromatic N) is 5. The molecule has 0 aliphatic carbocycles. The maximum absolute atomic E-state index is 4.73. The molecule has 0 amide bonds. The van der Waals surface area contributed by atoms with Crippen molar-refractivity contribution < 1.29 is 0 Å². The third kappa shape index (κ3) is 4.29. The summed E-state index contributed by atoms with van der Waals surface area (Å²) < 4.78 is 4.40. The highest BCUT2D eigenvalue weighted by atomic mass is 32.2. The molecule has 150 valence electrons. The number of fused-ring (bicyclic) bond motifs is 1. The van der Waals surface area contributed by atoms with Gasteiger partial charge in [0.1, 0.15) is 5.82 Å². The van der Waals surface area contributed by atoms with E-state index in [-0.39, 0.29) is 0 Å². The molecule has 0 unspecified atom stereocenters. The zero-order valence-corrected chi connectivity index (χ0v) is 19.3. The molecule has 2 aromatic carbocycles. The maximum Gasteiger partial charge on any atom is 0.196 e. The topological polar surface area (TPSA) is 56.5 Å². The molecule has 3 heterocycles. The van der Waals surface area contributed by atoms with Gasteiger partial charge in [0.25, 0.3) is 0 Å². The van der Waals surface area contributed by atoms with Crippen molar-refractivity contribution in [3.63, 3.8) is 0 Å². The minimum Gasteiger partial charge on any atom is -0.273 e. The van der Waals surface area contributed by atoms with Crippen LogP contribution in [-0.2, 0) is 11.5 Å². The van der Waals surface area contributed by atoms with Gasteiger partial charge in [0.15, 0.2) is 9.50 Å². The molecule has 0 bridgehead atoms. The van der Waals surface area contributed by atoms with Crippen LogP contribution in [0.3, 0.4) is 0 Å². The lowest BCUT2D eigenvalue weighted by atomic mass is 10.3. The average molecular weight is 468 g/mol. The largest absolute Gasteiger partial charge is 0.273 e. The Bertz CT molecular complexity index is 1240. The zero-order valence-electron chi connectivity index (χ0n) is 16.1. The van der Waals surface area contributed by atoms with Gasteiger partial charge in [-0.3, -0.25) is 4.57 Å². The number of hydrogen-bond acceptors (Lipinski definition) is 8. The second kappa shape index (κ2) is 8.89. The fourth-order valence-corrected chi connectivity index (χ4v) is 6.54. The lowest BCUT2D eigenvalue weighted by Crippen LogP contribution is -2.01. The number of para-hydroxylation sites is 2. The number of rotatable bonds is 7. The van der Waals surface area contributed by atoms with E-state index in [0.29, 0.717) is 5.75 Å². The SMILES string of the molecule is Cc1nc(CSc2nnc(CSc3nc4ccccc4s3)n2-c2ccccc2)cs1. The van der Waals surface area contributed by atoms with Crippen LogP contribution in [0.4, 0.5) is 0 Å². The van der Waals surface area contributed by atoms with Crippen LogP contribution in [0, 0.1) is 6.92 Å². The smallest absolute Gasteiger partial charge is 0.196 e. The van der Waals surface area contributed by atoms with Crippen LogP contribution in [0.5, 0.6) is 0 Å². The van der Waals surface area contributed by atoms with E-state index >= 15 is 0 Å². The van der Waals surface area contributed by atoms with E-state index in [0.717, 1.165) is 43.0 Å². The monoisotopic (exact) mass is 467 g/mol. The first-order valence-corrected chi connectivity index (χ1v) is 12.9. The quantitative estimate of drug-likeness (QED) is 0.265. The Morgan fingerprint density at radius 1 is 0.900 bits per heavy atom. The molecule has 5 aromatic rings. The zero-order chi connectivity index (χ0) is 20.3. The summed E-state index contributed by atoms with van der Waals surface area (Å²) >= 11 is 6.76. The van der Waals surface area contributed by atoms with E-state index in [1.165, 1.54) is 4.70 Å². The third-order valence-electron chi connectivity index (χ3n) is 4.33. The molecule has 0 saturated heterocycles. The van der Waals surface area contributed by atoms with Crippen molar-refractivity contribution in [1.29, 1.82) is 0 Å². The second-order valence-corrected chi connectivity index (χ2v) is 10.7. The van der Waals surface area contributed by atoms with Crippen molar-refractivity contribution in [1.82, 2.24) is 24.7 Å². The molecular formula is C21H17N5S4. The Morgan fingerprint density at radius 3 is 2.53 bits per heavy atom. The van der Waals surface area contributed by atoms with Crippen LogP contribution in [-0.4, -0.2) is 24.7 Å².